The fourth-order valence-electron chi connectivity index (χ4n) is 1.98. The molecular formula is C11H12N4O4S. The minimum atomic E-state index is -2.96. The van der Waals surface area contributed by atoms with Gasteiger partial charge < -0.3 is 5.32 Å². The van der Waals surface area contributed by atoms with Crippen molar-refractivity contribution in [1.82, 2.24) is 4.98 Å². The summed E-state index contributed by atoms with van der Waals surface area (Å²) in [5.41, 5.74) is -0.175. The number of nitrogens with one attached hydrogen (secondary N) is 1. The average molecular weight is 296 g/mol. The largest absolute Gasteiger partial charge is 0.366 e. The Labute approximate surface area is 115 Å². The highest BCUT2D eigenvalue weighted by Crippen LogP contribution is 2.22. The number of hydrogen-bond acceptors (Lipinski definition) is 7. The molecule has 9 heteroatoms. The van der Waals surface area contributed by atoms with Gasteiger partial charge in [-0.15, -0.1) is 0 Å². The third-order valence-electron chi connectivity index (χ3n) is 3.10. The molecule has 0 bridgehead atoms. The normalized spacial score (nSPS) is 18.1. The summed E-state index contributed by atoms with van der Waals surface area (Å²) < 4.78 is 22.6. The molecule has 0 atom stereocenters. The molecule has 1 N–H and O–H groups in total. The van der Waals surface area contributed by atoms with Crippen molar-refractivity contribution in [2.45, 2.75) is 18.9 Å². The number of aromatic nitrogens is 1. The zero-order chi connectivity index (χ0) is 14.8. The fourth-order valence-corrected chi connectivity index (χ4v) is 3.47. The summed E-state index contributed by atoms with van der Waals surface area (Å²) in [6.45, 7) is 0. The van der Waals surface area contributed by atoms with Crippen LogP contribution in [0.3, 0.4) is 0 Å². The second kappa shape index (κ2) is 5.42. The third kappa shape index (κ3) is 3.21. The molecule has 1 aliphatic heterocycles. The SMILES string of the molecule is N#Cc1cc([N+](=O)[O-])cnc1NC1CCS(=O)(=O)CC1. The van der Waals surface area contributed by atoms with E-state index in [9.17, 15) is 18.5 Å². The number of nitrogens with zero attached hydrogens (tertiary/aromatic N) is 3. The predicted molar refractivity (Wildman–Crippen MR) is 70.9 cm³/mol. The number of hydrogen-bond donors (Lipinski definition) is 1. The van der Waals surface area contributed by atoms with E-state index in [0.29, 0.717) is 12.8 Å². The van der Waals surface area contributed by atoms with Crippen molar-refractivity contribution >= 4 is 21.3 Å². The van der Waals surface area contributed by atoms with E-state index in [2.05, 4.69) is 10.3 Å². The van der Waals surface area contributed by atoms with E-state index >= 15 is 0 Å². The van der Waals surface area contributed by atoms with Gasteiger partial charge in [0.25, 0.3) is 5.69 Å². The minimum Gasteiger partial charge on any atom is -0.366 e. The summed E-state index contributed by atoms with van der Waals surface area (Å²) in [6, 6.07) is 2.90. The van der Waals surface area contributed by atoms with Gasteiger partial charge in [-0.1, -0.05) is 0 Å². The number of nitriles is 1. The first-order valence-corrected chi connectivity index (χ1v) is 7.75. The van der Waals surface area contributed by atoms with Crippen LogP contribution in [-0.2, 0) is 9.84 Å². The first-order valence-electron chi connectivity index (χ1n) is 5.93. The molecular weight excluding hydrogens is 284 g/mol. The van der Waals surface area contributed by atoms with Crippen molar-refractivity contribution in [3.05, 3.63) is 27.9 Å². The highest BCUT2D eigenvalue weighted by Gasteiger charge is 2.24. The van der Waals surface area contributed by atoms with Gasteiger partial charge in [0.05, 0.1) is 16.4 Å². The topological polar surface area (TPSA) is 126 Å². The number of anilines is 1. The standard InChI is InChI=1S/C11H12N4O4S/c12-6-8-5-10(15(16)17)7-13-11(8)14-9-1-3-20(18,19)4-2-9/h5,7,9H,1-4H2,(H,13,14). The van der Waals surface area contributed by atoms with Crippen LogP contribution in [0.25, 0.3) is 0 Å². The first kappa shape index (κ1) is 14.2. The van der Waals surface area contributed by atoms with E-state index in [1.807, 2.05) is 6.07 Å². The van der Waals surface area contributed by atoms with Gasteiger partial charge in [-0.3, -0.25) is 10.1 Å². The van der Waals surface area contributed by atoms with Crippen molar-refractivity contribution in [1.29, 1.82) is 5.26 Å². The Hall–Kier alpha value is -2.21. The quantitative estimate of drug-likeness (QED) is 0.647. The van der Waals surface area contributed by atoms with Gasteiger partial charge in [-0.25, -0.2) is 13.4 Å². The molecule has 106 valence electrons. The van der Waals surface area contributed by atoms with E-state index < -0.39 is 14.8 Å². The smallest absolute Gasteiger partial charge is 0.289 e. The Morgan fingerprint density at radius 3 is 2.65 bits per heavy atom. The van der Waals surface area contributed by atoms with E-state index in [4.69, 9.17) is 5.26 Å². The van der Waals surface area contributed by atoms with Gasteiger partial charge in [0.15, 0.2) is 0 Å². The molecule has 0 saturated carbocycles. The number of sulfone groups is 1. The molecule has 1 aliphatic rings. The van der Waals surface area contributed by atoms with Crippen LogP contribution in [0, 0.1) is 21.4 Å². The van der Waals surface area contributed by atoms with Crippen LogP contribution in [0.4, 0.5) is 11.5 Å². The van der Waals surface area contributed by atoms with Crippen LogP contribution in [0.2, 0.25) is 0 Å². The first-order chi connectivity index (χ1) is 9.41. The zero-order valence-electron chi connectivity index (χ0n) is 10.4. The van der Waals surface area contributed by atoms with E-state index in [1.54, 1.807) is 0 Å². The third-order valence-corrected chi connectivity index (χ3v) is 4.82. The Balaban J connectivity index is 2.14. The Morgan fingerprint density at radius 1 is 1.45 bits per heavy atom. The monoisotopic (exact) mass is 296 g/mol. The summed E-state index contributed by atoms with van der Waals surface area (Å²) in [6.07, 6.45) is 1.94. The number of rotatable bonds is 3. The molecule has 8 nitrogen and oxygen atoms in total. The lowest BCUT2D eigenvalue weighted by atomic mass is 10.1. The molecule has 2 heterocycles. The summed E-state index contributed by atoms with van der Waals surface area (Å²) in [5.74, 6) is 0.446. The molecule has 0 spiro atoms. The molecule has 2 rings (SSSR count). The van der Waals surface area contributed by atoms with Crippen LogP contribution in [0.1, 0.15) is 18.4 Å². The molecule has 1 saturated heterocycles. The van der Waals surface area contributed by atoms with Gasteiger partial charge in [0.1, 0.15) is 33.5 Å². The van der Waals surface area contributed by atoms with Crippen LogP contribution in [-0.4, -0.2) is 35.9 Å². The molecule has 0 aromatic carbocycles. The molecule has 0 aliphatic carbocycles. The fraction of sp³-hybridized carbons (Fsp3) is 0.455. The molecule has 20 heavy (non-hydrogen) atoms. The van der Waals surface area contributed by atoms with Crippen LogP contribution in [0.5, 0.6) is 0 Å². The zero-order valence-corrected chi connectivity index (χ0v) is 11.3. The van der Waals surface area contributed by atoms with Crippen molar-refractivity contribution in [3.63, 3.8) is 0 Å². The maximum absolute atomic E-state index is 11.3. The Kier molecular flexibility index (Phi) is 3.85. The highest BCUT2D eigenvalue weighted by molar-refractivity contribution is 7.91. The lowest BCUT2D eigenvalue weighted by molar-refractivity contribution is -0.385. The van der Waals surface area contributed by atoms with Crippen molar-refractivity contribution in [2.24, 2.45) is 0 Å². The molecule has 0 radical (unpaired) electrons. The molecule has 0 unspecified atom stereocenters. The summed E-state index contributed by atoms with van der Waals surface area (Å²) in [4.78, 5) is 13.9. The van der Waals surface area contributed by atoms with Gasteiger partial charge in [-0.05, 0) is 12.8 Å². The molecule has 1 aromatic heterocycles. The lowest BCUT2D eigenvalue weighted by Gasteiger charge is -2.23. The Bertz CT molecular complexity index is 666. The summed E-state index contributed by atoms with van der Waals surface area (Å²) in [7, 11) is -2.96. The maximum Gasteiger partial charge on any atom is 0.289 e. The Morgan fingerprint density at radius 2 is 2.10 bits per heavy atom. The number of pyridine rings is 1. The van der Waals surface area contributed by atoms with E-state index in [0.717, 1.165) is 12.3 Å². The van der Waals surface area contributed by atoms with E-state index in [1.165, 1.54) is 0 Å². The van der Waals surface area contributed by atoms with Crippen molar-refractivity contribution in [3.8, 4) is 6.07 Å². The molecule has 1 fully saturated rings. The summed E-state index contributed by atoms with van der Waals surface area (Å²) >= 11 is 0. The second-order valence-electron chi connectivity index (χ2n) is 4.53. The second-order valence-corrected chi connectivity index (χ2v) is 6.83. The molecule has 0 amide bonds. The van der Waals surface area contributed by atoms with Crippen LogP contribution in [0.15, 0.2) is 12.3 Å². The molecule has 1 aromatic rings. The summed E-state index contributed by atoms with van der Waals surface area (Å²) in [5, 5.41) is 22.6. The number of nitro groups is 1. The van der Waals surface area contributed by atoms with E-state index in [-0.39, 0.29) is 34.6 Å². The van der Waals surface area contributed by atoms with Gasteiger partial charge >= 0.3 is 0 Å². The van der Waals surface area contributed by atoms with Gasteiger partial charge in [0, 0.05) is 12.1 Å². The average Bonchev–Trinajstić information content (AvgIpc) is 2.41. The van der Waals surface area contributed by atoms with Gasteiger partial charge in [-0.2, -0.15) is 5.26 Å². The maximum atomic E-state index is 11.3. The van der Waals surface area contributed by atoms with Crippen LogP contribution < -0.4 is 5.32 Å². The van der Waals surface area contributed by atoms with Crippen molar-refractivity contribution in [2.75, 3.05) is 16.8 Å². The minimum absolute atomic E-state index is 0.0765. The highest BCUT2D eigenvalue weighted by atomic mass is 32.2. The predicted octanol–water partition coefficient (Wildman–Crippen LogP) is 0.851. The lowest BCUT2D eigenvalue weighted by Crippen LogP contribution is -2.32. The van der Waals surface area contributed by atoms with Crippen molar-refractivity contribution < 1.29 is 13.3 Å². The van der Waals surface area contributed by atoms with Gasteiger partial charge in [0.2, 0.25) is 0 Å². The van der Waals surface area contributed by atoms with Crippen LogP contribution >= 0.6 is 0 Å².